The lowest BCUT2D eigenvalue weighted by atomic mass is 10.0. The van der Waals surface area contributed by atoms with Crippen molar-refractivity contribution in [3.63, 3.8) is 0 Å². The number of nitrogens with one attached hydrogen (secondary N) is 1. The summed E-state index contributed by atoms with van der Waals surface area (Å²) >= 11 is 1.71. The first-order chi connectivity index (χ1) is 5.34. The molecule has 0 radical (unpaired) electrons. The van der Waals surface area contributed by atoms with Crippen LogP contribution in [0.3, 0.4) is 0 Å². The van der Waals surface area contributed by atoms with Crippen molar-refractivity contribution in [2.24, 2.45) is 0 Å². The number of aliphatic hydroxyl groups excluding tert-OH is 1. The highest BCUT2D eigenvalue weighted by molar-refractivity contribution is 7.98. The van der Waals surface area contributed by atoms with E-state index in [-0.39, 0.29) is 6.10 Å². The molecule has 66 valence electrons. The molecule has 11 heavy (non-hydrogen) atoms. The lowest BCUT2D eigenvalue weighted by Gasteiger charge is -2.27. The molecular formula is C8H17NOS. The van der Waals surface area contributed by atoms with Crippen LogP contribution in [0.4, 0.5) is 0 Å². The second-order valence-electron chi connectivity index (χ2n) is 3.08. The summed E-state index contributed by atoms with van der Waals surface area (Å²) in [4.78, 5) is 0. The molecule has 1 saturated heterocycles. The molecule has 0 aromatic rings. The highest BCUT2D eigenvalue weighted by atomic mass is 32.2. The maximum atomic E-state index is 9.59. The van der Waals surface area contributed by atoms with Crippen LogP contribution in [0, 0.1) is 0 Å². The van der Waals surface area contributed by atoms with Crippen LogP contribution in [0.5, 0.6) is 0 Å². The normalized spacial score (nSPS) is 28.4. The number of piperidine rings is 1. The third-order valence-corrected chi connectivity index (χ3v) is 2.83. The minimum atomic E-state index is -0.148. The molecule has 0 amide bonds. The molecule has 3 heteroatoms. The van der Waals surface area contributed by atoms with Crippen molar-refractivity contribution in [3.05, 3.63) is 0 Å². The molecule has 0 bridgehead atoms. The number of rotatable bonds is 3. The van der Waals surface area contributed by atoms with Gasteiger partial charge >= 0.3 is 0 Å². The van der Waals surface area contributed by atoms with Gasteiger partial charge in [-0.05, 0) is 25.6 Å². The van der Waals surface area contributed by atoms with Crippen molar-refractivity contribution in [2.45, 2.75) is 31.4 Å². The zero-order valence-corrected chi connectivity index (χ0v) is 7.86. The Morgan fingerprint density at radius 2 is 2.45 bits per heavy atom. The van der Waals surface area contributed by atoms with E-state index in [1.54, 1.807) is 11.8 Å². The Morgan fingerprint density at radius 3 is 3.00 bits per heavy atom. The standard InChI is InChI=1S/C8H17NOS/c1-11-6-8(10)7-4-2-3-5-9-7/h7-10H,2-6H2,1H3/t7-,8+/m0/s1. The first kappa shape index (κ1) is 9.36. The Bertz CT molecular complexity index is 104. The largest absolute Gasteiger partial charge is 0.391 e. The van der Waals surface area contributed by atoms with Gasteiger partial charge in [0.25, 0.3) is 0 Å². The van der Waals surface area contributed by atoms with Gasteiger partial charge in [-0.15, -0.1) is 0 Å². The molecule has 0 aromatic heterocycles. The predicted octanol–water partition coefficient (Wildman–Crippen LogP) is 0.852. The third kappa shape index (κ3) is 3.01. The van der Waals surface area contributed by atoms with Crippen LogP contribution in [-0.4, -0.2) is 35.8 Å². The smallest absolute Gasteiger partial charge is 0.0783 e. The van der Waals surface area contributed by atoms with Gasteiger partial charge in [0.1, 0.15) is 0 Å². The summed E-state index contributed by atoms with van der Waals surface area (Å²) in [7, 11) is 0. The van der Waals surface area contributed by atoms with Crippen LogP contribution in [0.15, 0.2) is 0 Å². The van der Waals surface area contributed by atoms with Crippen molar-refractivity contribution < 1.29 is 5.11 Å². The third-order valence-electron chi connectivity index (χ3n) is 2.15. The Balaban J connectivity index is 2.21. The minimum absolute atomic E-state index is 0.148. The van der Waals surface area contributed by atoms with E-state index in [0.29, 0.717) is 6.04 Å². The molecule has 1 fully saturated rings. The monoisotopic (exact) mass is 175 g/mol. The number of thioether (sulfide) groups is 1. The van der Waals surface area contributed by atoms with E-state index >= 15 is 0 Å². The molecule has 0 aliphatic carbocycles. The van der Waals surface area contributed by atoms with Crippen LogP contribution >= 0.6 is 11.8 Å². The summed E-state index contributed by atoms with van der Waals surface area (Å²) in [6.07, 6.45) is 5.56. The van der Waals surface area contributed by atoms with Gasteiger partial charge in [0.15, 0.2) is 0 Å². The van der Waals surface area contributed by atoms with Gasteiger partial charge in [-0.1, -0.05) is 6.42 Å². The zero-order chi connectivity index (χ0) is 8.10. The highest BCUT2D eigenvalue weighted by Gasteiger charge is 2.19. The van der Waals surface area contributed by atoms with E-state index in [4.69, 9.17) is 0 Å². The molecule has 2 nitrogen and oxygen atoms in total. The van der Waals surface area contributed by atoms with Crippen LogP contribution in [-0.2, 0) is 0 Å². The van der Waals surface area contributed by atoms with Crippen molar-refractivity contribution in [3.8, 4) is 0 Å². The molecule has 0 spiro atoms. The van der Waals surface area contributed by atoms with E-state index in [1.807, 2.05) is 6.26 Å². The summed E-state index contributed by atoms with van der Waals surface area (Å²) in [6, 6.07) is 0.358. The Morgan fingerprint density at radius 1 is 1.64 bits per heavy atom. The molecule has 1 aliphatic heterocycles. The van der Waals surface area contributed by atoms with Crippen LogP contribution in [0.1, 0.15) is 19.3 Å². The Kier molecular flexibility index (Phi) is 4.26. The lowest BCUT2D eigenvalue weighted by molar-refractivity contribution is 0.134. The first-order valence-corrected chi connectivity index (χ1v) is 5.64. The topological polar surface area (TPSA) is 32.3 Å². The summed E-state index contributed by atoms with van der Waals surface area (Å²) < 4.78 is 0. The fourth-order valence-corrected chi connectivity index (χ4v) is 2.07. The minimum Gasteiger partial charge on any atom is -0.391 e. The lowest BCUT2D eigenvalue weighted by Crippen LogP contribution is -2.44. The van der Waals surface area contributed by atoms with E-state index in [9.17, 15) is 5.11 Å². The summed E-state index contributed by atoms with van der Waals surface area (Å²) in [5, 5.41) is 12.9. The summed E-state index contributed by atoms with van der Waals surface area (Å²) in [5.74, 6) is 0.859. The summed E-state index contributed by atoms with van der Waals surface area (Å²) in [6.45, 7) is 1.08. The van der Waals surface area contributed by atoms with Crippen molar-refractivity contribution >= 4 is 11.8 Å². The Labute approximate surface area is 72.8 Å². The van der Waals surface area contributed by atoms with Gasteiger partial charge in [0.05, 0.1) is 6.10 Å². The second-order valence-corrected chi connectivity index (χ2v) is 3.99. The molecule has 1 aliphatic rings. The number of aliphatic hydroxyl groups is 1. The van der Waals surface area contributed by atoms with Gasteiger partial charge < -0.3 is 10.4 Å². The van der Waals surface area contributed by atoms with Crippen molar-refractivity contribution in [1.82, 2.24) is 5.32 Å². The molecule has 0 saturated carbocycles. The molecule has 1 heterocycles. The van der Waals surface area contributed by atoms with E-state index in [0.717, 1.165) is 18.7 Å². The fraction of sp³-hybridized carbons (Fsp3) is 1.00. The van der Waals surface area contributed by atoms with Crippen LogP contribution in [0.2, 0.25) is 0 Å². The van der Waals surface area contributed by atoms with Gasteiger partial charge in [-0.2, -0.15) is 11.8 Å². The number of hydrogen-bond donors (Lipinski definition) is 2. The van der Waals surface area contributed by atoms with Crippen molar-refractivity contribution in [2.75, 3.05) is 18.6 Å². The average Bonchev–Trinajstić information content (AvgIpc) is 2.07. The fourth-order valence-electron chi connectivity index (χ4n) is 1.49. The Hall–Kier alpha value is 0.270. The van der Waals surface area contributed by atoms with Crippen molar-refractivity contribution in [1.29, 1.82) is 0 Å². The maximum absolute atomic E-state index is 9.59. The van der Waals surface area contributed by atoms with E-state index < -0.39 is 0 Å². The van der Waals surface area contributed by atoms with Crippen LogP contribution in [0.25, 0.3) is 0 Å². The number of hydrogen-bond acceptors (Lipinski definition) is 3. The SMILES string of the molecule is CSC[C@@H](O)[C@@H]1CCCCN1. The molecule has 2 N–H and O–H groups in total. The molecule has 0 unspecified atom stereocenters. The van der Waals surface area contributed by atoms with Gasteiger partial charge in [-0.3, -0.25) is 0 Å². The van der Waals surface area contributed by atoms with Gasteiger partial charge in [-0.25, -0.2) is 0 Å². The summed E-state index contributed by atoms with van der Waals surface area (Å²) in [5.41, 5.74) is 0. The van der Waals surface area contributed by atoms with Gasteiger partial charge in [0.2, 0.25) is 0 Å². The zero-order valence-electron chi connectivity index (χ0n) is 7.05. The molecule has 1 rings (SSSR count). The average molecular weight is 175 g/mol. The van der Waals surface area contributed by atoms with Crippen LogP contribution < -0.4 is 5.32 Å². The maximum Gasteiger partial charge on any atom is 0.0783 e. The van der Waals surface area contributed by atoms with E-state index in [2.05, 4.69) is 5.32 Å². The molecule has 0 aromatic carbocycles. The van der Waals surface area contributed by atoms with E-state index in [1.165, 1.54) is 12.8 Å². The first-order valence-electron chi connectivity index (χ1n) is 4.25. The molecule has 2 atom stereocenters. The highest BCUT2D eigenvalue weighted by Crippen LogP contribution is 2.12. The quantitative estimate of drug-likeness (QED) is 0.667. The predicted molar refractivity (Wildman–Crippen MR) is 50.0 cm³/mol. The van der Waals surface area contributed by atoms with Gasteiger partial charge in [0, 0.05) is 11.8 Å². The second kappa shape index (κ2) is 5.01. The molecular weight excluding hydrogens is 158 g/mol.